The summed E-state index contributed by atoms with van der Waals surface area (Å²) in [5, 5.41) is 0.797. The summed E-state index contributed by atoms with van der Waals surface area (Å²) in [5.41, 5.74) is 5.72. The van der Waals surface area contributed by atoms with Crippen molar-refractivity contribution >= 4 is 34.0 Å². The Balaban J connectivity index is 2.80. The lowest BCUT2D eigenvalue weighted by atomic mass is 10.4. The van der Waals surface area contributed by atoms with Crippen molar-refractivity contribution in [2.45, 2.75) is 10.9 Å². The summed E-state index contributed by atoms with van der Waals surface area (Å²) in [5.74, 6) is 0.275. The number of methoxy groups -OCH3 is 1. The van der Waals surface area contributed by atoms with Gasteiger partial charge in [-0.15, -0.1) is 0 Å². The zero-order valence-electron chi connectivity index (χ0n) is 8.78. The van der Waals surface area contributed by atoms with Crippen LogP contribution in [0.25, 0.3) is 0 Å². The fraction of sp³-hybridized carbons (Fsp3) is 0.400. The average Bonchev–Trinajstić information content (AvgIpc) is 2.17. The molecule has 0 spiro atoms. The van der Waals surface area contributed by atoms with Crippen LogP contribution in [0.4, 0.5) is 0 Å². The molecule has 0 aromatic heterocycles. The van der Waals surface area contributed by atoms with Gasteiger partial charge in [-0.25, -0.2) is 0 Å². The summed E-state index contributed by atoms with van der Waals surface area (Å²) in [7, 11) is 0.240. The first kappa shape index (κ1) is 13.9. The molecule has 90 valence electrons. The molecule has 0 heterocycles. The Labute approximate surface area is 107 Å². The zero-order valence-corrected chi connectivity index (χ0v) is 11.1. The van der Waals surface area contributed by atoms with E-state index in [0.29, 0.717) is 21.5 Å². The van der Waals surface area contributed by atoms with Gasteiger partial charge in [0.2, 0.25) is 0 Å². The van der Waals surface area contributed by atoms with Crippen LogP contribution in [-0.2, 0) is 15.5 Å². The molecule has 0 aliphatic carbocycles. The molecule has 2 N–H and O–H groups in total. The van der Waals surface area contributed by atoms with Gasteiger partial charge in [-0.05, 0) is 12.1 Å². The maximum Gasteiger partial charge on any atom is 0.0761 e. The highest BCUT2D eigenvalue weighted by molar-refractivity contribution is 7.85. The van der Waals surface area contributed by atoms with Gasteiger partial charge in [0.1, 0.15) is 0 Å². The minimum Gasteiger partial charge on any atom is -0.383 e. The maximum absolute atomic E-state index is 12.0. The Morgan fingerprint density at radius 1 is 1.44 bits per heavy atom. The van der Waals surface area contributed by atoms with E-state index in [4.69, 9.17) is 33.7 Å². The third-order valence-corrected chi connectivity index (χ3v) is 4.37. The normalized spacial score (nSPS) is 14.8. The topological polar surface area (TPSA) is 52.3 Å². The van der Waals surface area contributed by atoms with Crippen molar-refractivity contribution in [1.29, 1.82) is 0 Å². The van der Waals surface area contributed by atoms with Crippen LogP contribution in [0.1, 0.15) is 0 Å². The van der Waals surface area contributed by atoms with Crippen LogP contribution in [0.2, 0.25) is 10.0 Å². The number of halogens is 2. The summed E-state index contributed by atoms with van der Waals surface area (Å²) in [6, 6.07) is 4.73. The van der Waals surface area contributed by atoms with Crippen LogP contribution in [-0.4, -0.2) is 29.7 Å². The van der Waals surface area contributed by atoms with Gasteiger partial charge in [-0.1, -0.05) is 29.3 Å². The highest BCUT2D eigenvalue weighted by atomic mass is 35.5. The molecule has 2 unspecified atom stereocenters. The quantitative estimate of drug-likeness (QED) is 0.899. The molecule has 2 atom stereocenters. The molecule has 0 saturated carbocycles. The van der Waals surface area contributed by atoms with E-state index in [-0.39, 0.29) is 11.8 Å². The van der Waals surface area contributed by atoms with Crippen molar-refractivity contribution in [3.05, 3.63) is 28.2 Å². The number of benzene rings is 1. The minimum absolute atomic E-state index is 0.275. The second-order valence-corrected chi connectivity index (χ2v) is 5.53. The Hall–Kier alpha value is -0.130. The molecule has 0 fully saturated rings. The van der Waals surface area contributed by atoms with Gasteiger partial charge >= 0.3 is 0 Å². The second-order valence-electron chi connectivity index (χ2n) is 3.28. The van der Waals surface area contributed by atoms with E-state index < -0.39 is 10.8 Å². The summed E-state index contributed by atoms with van der Waals surface area (Å²) < 4.78 is 16.9. The van der Waals surface area contributed by atoms with E-state index in [0.717, 1.165) is 0 Å². The van der Waals surface area contributed by atoms with Crippen molar-refractivity contribution in [3.63, 3.8) is 0 Å². The molecule has 0 aliphatic heterocycles. The first-order chi connectivity index (χ1) is 7.56. The molecule has 0 bridgehead atoms. The largest absolute Gasteiger partial charge is 0.383 e. The van der Waals surface area contributed by atoms with Gasteiger partial charge in [0.05, 0.1) is 32.3 Å². The van der Waals surface area contributed by atoms with E-state index in [2.05, 4.69) is 0 Å². The van der Waals surface area contributed by atoms with Gasteiger partial charge in [0.15, 0.2) is 0 Å². The van der Waals surface area contributed by atoms with Crippen molar-refractivity contribution in [2.75, 3.05) is 19.5 Å². The number of hydrogen-bond donors (Lipinski definition) is 1. The van der Waals surface area contributed by atoms with E-state index in [1.54, 1.807) is 25.3 Å². The number of hydrogen-bond acceptors (Lipinski definition) is 3. The molecule has 16 heavy (non-hydrogen) atoms. The van der Waals surface area contributed by atoms with Crippen LogP contribution in [0.3, 0.4) is 0 Å². The van der Waals surface area contributed by atoms with Gasteiger partial charge in [0, 0.05) is 18.9 Å². The molecule has 3 nitrogen and oxygen atoms in total. The third kappa shape index (κ3) is 3.71. The predicted molar refractivity (Wildman–Crippen MR) is 67.6 cm³/mol. The molecular formula is C10H13Cl2NO2S. The van der Waals surface area contributed by atoms with E-state index in [9.17, 15) is 4.21 Å². The highest BCUT2D eigenvalue weighted by Crippen LogP contribution is 2.27. The minimum atomic E-state index is -1.31. The summed E-state index contributed by atoms with van der Waals surface area (Å²) >= 11 is 11.9. The van der Waals surface area contributed by atoms with E-state index >= 15 is 0 Å². The zero-order chi connectivity index (χ0) is 12.1. The monoisotopic (exact) mass is 281 g/mol. The molecule has 0 amide bonds. The Morgan fingerprint density at radius 2 is 2.00 bits per heavy atom. The molecule has 1 rings (SSSR count). The van der Waals surface area contributed by atoms with Crippen LogP contribution < -0.4 is 5.73 Å². The molecule has 0 aliphatic rings. The first-order valence-corrected chi connectivity index (χ1v) is 6.70. The van der Waals surface area contributed by atoms with Crippen LogP contribution in [0.5, 0.6) is 0 Å². The van der Waals surface area contributed by atoms with Gasteiger partial charge in [-0.2, -0.15) is 0 Å². The van der Waals surface area contributed by atoms with Crippen LogP contribution in [0, 0.1) is 0 Å². The Morgan fingerprint density at radius 3 is 2.50 bits per heavy atom. The third-order valence-electron chi connectivity index (χ3n) is 1.89. The standard InChI is InChI=1S/C10H13Cl2NO2S/c1-15-5-7(13)6-16(14)10-8(11)3-2-4-9(10)12/h2-4,7H,5-6,13H2,1H3. The van der Waals surface area contributed by atoms with Crippen molar-refractivity contribution in [2.24, 2.45) is 5.73 Å². The summed E-state index contributed by atoms with van der Waals surface area (Å²) in [6.45, 7) is 0.355. The molecule has 1 aromatic rings. The maximum atomic E-state index is 12.0. The smallest absolute Gasteiger partial charge is 0.0761 e. The average molecular weight is 282 g/mol. The first-order valence-electron chi connectivity index (χ1n) is 4.63. The van der Waals surface area contributed by atoms with E-state index in [1.165, 1.54) is 0 Å². The lowest BCUT2D eigenvalue weighted by molar-refractivity contribution is 0.186. The number of nitrogens with two attached hydrogens (primary N) is 1. The molecular weight excluding hydrogens is 269 g/mol. The number of rotatable bonds is 5. The highest BCUT2D eigenvalue weighted by Gasteiger charge is 2.15. The lowest BCUT2D eigenvalue weighted by Gasteiger charge is -2.11. The second kappa shape index (κ2) is 6.57. The van der Waals surface area contributed by atoms with Crippen LogP contribution in [0.15, 0.2) is 23.1 Å². The summed E-state index contributed by atoms with van der Waals surface area (Å²) in [6.07, 6.45) is 0. The van der Waals surface area contributed by atoms with Crippen LogP contribution >= 0.6 is 23.2 Å². The SMILES string of the molecule is COCC(N)CS(=O)c1c(Cl)cccc1Cl. The van der Waals surface area contributed by atoms with E-state index in [1.807, 2.05) is 0 Å². The predicted octanol–water partition coefficient (Wildman–Crippen LogP) is 2.07. The fourth-order valence-corrected chi connectivity index (χ4v) is 3.38. The molecule has 6 heteroatoms. The van der Waals surface area contributed by atoms with Gasteiger partial charge in [0.25, 0.3) is 0 Å². The Kier molecular flexibility index (Phi) is 5.72. The Bertz CT molecular complexity index is 367. The molecule has 0 radical (unpaired) electrons. The molecule has 1 aromatic carbocycles. The fourth-order valence-electron chi connectivity index (χ4n) is 1.24. The summed E-state index contributed by atoms with van der Waals surface area (Å²) in [4.78, 5) is 0.442. The number of ether oxygens (including phenoxy) is 1. The van der Waals surface area contributed by atoms with Crippen molar-refractivity contribution in [1.82, 2.24) is 0 Å². The lowest BCUT2D eigenvalue weighted by Crippen LogP contribution is -2.31. The molecule has 0 saturated heterocycles. The van der Waals surface area contributed by atoms with Crippen molar-refractivity contribution in [3.8, 4) is 0 Å². The van der Waals surface area contributed by atoms with Gasteiger partial charge in [-0.3, -0.25) is 4.21 Å². The van der Waals surface area contributed by atoms with Crippen molar-refractivity contribution < 1.29 is 8.95 Å². The van der Waals surface area contributed by atoms with Gasteiger partial charge < -0.3 is 10.5 Å².